The third-order valence-electron chi connectivity index (χ3n) is 0.940. The number of hydrogen-bond acceptors (Lipinski definition) is 2. The molecule has 0 bridgehead atoms. The maximum absolute atomic E-state index is 8.95. The molecular formula is C7H9ClO3S. The molecule has 1 aromatic rings. The summed E-state index contributed by atoms with van der Waals surface area (Å²) in [6, 6.07) is 10.3. The molecule has 0 aliphatic carbocycles. The van der Waals surface area contributed by atoms with Crippen LogP contribution in [0.15, 0.2) is 30.3 Å². The molecule has 0 aromatic heterocycles. The van der Waals surface area contributed by atoms with Crippen LogP contribution in [0.5, 0.6) is 0 Å². The second kappa shape index (κ2) is 5.13. The minimum Gasteiger partial charge on any atom is -0.273 e. The Morgan fingerprint density at radius 3 is 1.75 bits per heavy atom. The van der Waals surface area contributed by atoms with Crippen molar-refractivity contribution in [3.8, 4) is 0 Å². The third kappa shape index (κ3) is 12.1. The Labute approximate surface area is 76.2 Å². The summed E-state index contributed by atoms with van der Waals surface area (Å²) in [7, 11) is -0.137. The second-order valence-electron chi connectivity index (χ2n) is 2.07. The van der Waals surface area contributed by atoms with Gasteiger partial charge in [-0.25, -0.2) is 0 Å². The molecule has 5 heteroatoms. The van der Waals surface area contributed by atoms with Gasteiger partial charge in [-0.05, 0) is 6.92 Å². The fourth-order valence-corrected chi connectivity index (χ4v) is 0.534. The predicted molar refractivity (Wildman–Crippen MR) is 48.6 cm³/mol. The molecule has 0 unspecified atom stereocenters. The summed E-state index contributed by atoms with van der Waals surface area (Å²) >= 11 is 0. The van der Waals surface area contributed by atoms with Gasteiger partial charge in [-0.2, -0.15) is 8.42 Å². The Hall–Kier alpha value is -0.580. The molecule has 0 aliphatic rings. The van der Waals surface area contributed by atoms with E-state index in [1.165, 1.54) is 5.56 Å². The van der Waals surface area contributed by atoms with E-state index < -0.39 is 9.33 Å². The maximum Gasteiger partial charge on any atom is 0.353 e. The zero-order valence-corrected chi connectivity index (χ0v) is 8.01. The highest BCUT2D eigenvalue weighted by Crippen LogP contribution is 1.92. The first-order valence-electron chi connectivity index (χ1n) is 3.08. The SMILES string of the molecule is Cc1ccccc1.O=S(=O)(O)Cl. The van der Waals surface area contributed by atoms with Gasteiger partial charge in [0.25, 0.3) is 0 Å². The molecule has 0 amide bonds. The first-order valence-corrected chi connectivity index (χ1v) is 5.35. The number of rotatable bonds is 0. The van der Waals surface area contributed by atoms with Crippen LogP contribution in [-0.4, -0.2) is 13.0 Å². The van der Waals surface area contributed by atoms with E-state index in [9.17, 15) is 0 Å². The van der Waals surface area contributed by atoms with Gasteiger partial charge < -0.3 is 0 Å². The standard InChI is InChI=1S/C7H8.ClHO3S/c1-7-5-3-2-4-6-7;1-5(2,3)4/h2-6H,1H3;(H,2,3,4). The minimum absolute atomic E-state index is 1.32. The highest BCUT2D eigenvalue weighted by Gasteiger charge is 1.86. The summed E-state index contributed by atoms with van der Waals surface area (Å²) < 4.78 is 25.2. The highest BCUT2D eigenvalue weighted by molar-refractivity contribution is 8.09. The van der Waals surface area contributed by atoms with Crippen LogP contribution in [0.2, 0.25) is 0 Å². The average molecular weight is 209 g/mol. The van der Waals surface area contributed by atoms with Crippen LogP contribution in [0.25, 0.3) is 0 Å². The molecule has 0 spiro atoms. The monoisotopic (exact) mass is 208 g/mol. The quantitative estimate of drug-likeness (QED) is 0.524. The number of aryl methyl sites for hydroxylation is 1. The van der Waals surface area contributed by atoms with Gasteiger partial charge in [-0.1, -0.05) is 35.9 Å². The van der Waals surface area contributed by atoms with Crippen molar-refractivity contribution in [1.82, 2.24) is 0 Å². The summed E-state index contributed by atoms with van der Waals surface area (Å²) in [5, 5.41) is 0. The van der Waals surface area contributed by atoms with E-state index in [1.807, 2.05) is 18.2 Å². The first-order chi connectivity index (χ1) is 5.39. The van der Waals surface area contributed by atoms with Crippen LogP contribution < -0.4 is 0 Å². The molecule has 1 N–H and O–H groups in total. The second-order valence-corrected chi connectivity index (χ2v) is 4.06. The average Bonchev–Trinajstić information content (AvgIpc) is 1.85. The van der Waals surface area contributed by atoms with E-state index >= 15 is 0 Å². The topological polar surface area (TPSA) is 54.4 Å². The van der Waals surface area contributed by atoms with Gasteiger partial charge in [0.05, 0.1) is 0 Å². The lowest BCUT2D eigenvalue weighted by molar-refractivity contribution is 0.501. The van der Waals surface area contributed by atoms with Gasteiger partial charge in [0.1, 0.15) is 0 Å². The summed E-state index contributed by atoms with van der Waals surface area (Å²) in [6.07, 6.45) is 0. The van der Waals surface area contributed by atoms with E-state index in [0.29, 0.717) is 0 Å². The fraction of sp³-hybridized carbons (Fsp3) is 0.143. The van der Waals surface area contributed by atoms with Crippen molar-refractivity contribution in [2.24, 2.45) is 0 Å². The van der Waals surface area contributed by atoms with Crippen molar-refractivity contribution in [3.05, 3.63) is 35.9 Å². The predicted octanol–water partition coefficient (Wildman–Crippen LogP) is 2.02. The molecule has 12 heavy (non-hydrogen) atoms. The van der Waals surface area contributed by atoms with Gasteiger partial charge >= 0.3 is 9.33 Å². The smallest absolute Gasteiger partial charge is 0.273 e. The first kappa shape index (κ1) is 11.4. The lowest BCUT2D eigenvalue weighted by atomic mass is 10.2. The Morgan fingerprint density at radius 2 is 1.58 bits per heavy atom. The van der Waals surface area contributed by atoms with Gasteiger partial charge in [-0.3, -0.25) is 4.55 Å². The number of benzene rings is 1. The Balaban J connectivity index is 0.000000217. The van der Waals surface area contributed by atoms with E-state index in [2.05, 4.69) is 29.7 Å². The molecule has 0 saturated heterocycles. The molecule has 0 fully saturated rings. The highest BCUT2D eigenvalue weighted by atomic mass is 35.7. The summed E-state index contributed by atoms with van der Waals surface area (Å²) in [5.41, 5.74) is 1.32. The molecular weight excluding hydrogens is 200 g/mol. The summed E-state index contributed by atoms with van der Waals surface area (Å²) in [5.74, 6) is 0. The zero-order valence-electron chi connectivity index (χ0n) is 6.44. The molecule has 68 valence electrons. The molecule has 0 aliphatic heterocycles. The van der Waals surface area contributed by atoms with E-state index in [-0.39, 0.29) is 0 Å². The zero-order chi connectivity index (χ0) is 9.61. The van der Waals surface area contributed by atoms with Gasteiger partial charge in [-0.15, -0.1) is 0 Å². The van der Waals surface area contributed by atoms with Crippen molar-refractivity contribution in [2.45, 2.75) is 6.92 Å². The summed E-state index contributed by atoms with van der Waals surface area (Å²) in [6.45, 7) is 2.08. The van der Waals surface area contributed by atoms with Gasteiger partial charge in [0.15, 0.2) is 0 Å². The number of hydrogen-bond donors (Lipinski definition) is 1. The molecule has 0 atom stereocenters. The van der Waals surface area contributed by atoms with Crippen LogP contribution in [-0.2, 0) is 9.33 Å². The Bertz CT molecular complexity index is 299. The van der Waals surface area contributed by atoms with E-state index in [0.717, 1.165) is 0 Å². The molecule has 3 nitrogen and oxygen atoms in total. The van der Waals surface area contributed by atoms with Gasteiger partial charge in [0.2, 0.25) is 0 Å². The van der Waals surface area contributed by atoms with E-state index in [4.69, 9.17) is 13.0 Å². The lowest BCUT2D eigenvalue weighted by Gasteiger charge is -1.82. The number of halogens is 1. The third-order valence-corrected chi connectivity index (χ3v) is 0.940. The lowest BCUT2D eigenvalue weighted by Crippen LogP contribution is -1.77. The molecule has 0 saturated carbocycles. The minimum atomic E-state index is -4.19. The van der Waals surface area contributed by atoms with Crippen LogP contribution in [0.4, 0.5) is 0 Å². The van der Waals surface area contributed by atoms with Crippen molar-refractivity contribution >= 4 is 20.0 Å². The van der Waals surface area contributed by atoms with Crippen LogP contribution in [0, 0.1) is 6.92 Å². The van der Waals surface area contributed by atoms with Crippen LogP contribution >= 0.6 is 10.7 Å². The Kier molecular flexibility index (Phi) is 4.89. The molecule has 1 aromatic carbocycles. The largest absolute Gasteiger partial charge is 0.353 e. The normalized spacial score (nSPS) is 9.92. The van der Waals surface area contributed by atoms with Crippen LogP contribution in [0.3, 0.4) is 0 Å². The van der Waals surface area contributed by atoms with Crippen molar-refractivity contribution < 1.29 is 13.0 Å². The van der Waals surface area contributed by atoms with Crippen molar-refractivity contribution in [2.75, 3.05) is 0 Å². The van der Waals surface area contributed by atoms with Crippen LogP contribution in [0.1, 0.15) is 5.56 Å². The van der Waals surface area contributed by atoms with Crippen molar-refractivity contribution in [1.29, 1.82) is 0 Å². The van der Waals surface area contributed by atoms with Gasteiger partial charge in [0, 0.05) is 10.7 Å². The van der Waals surface area contributed by atoms with Crippen molar-refractivity contribution in [3.63, 3.8) is 0 Å². The molecule has 1 rings (SSSR count). The fourth-order valence-electron chi connectivity index (χ4n) is 0.534. The molecule has 0 radical (unpaired) electrons. The molecule has 0 heterocycles. The Morgan fingerprint density at radius 1 is 1.25 bits per heavy atom. The summed E-state index contributed by atoms with van der Waals surface area (Å²) in [4.78, 5) is 0. The van der Waals surface area contributed by atoms with E-state index in [1.54, 1.807) is 0 Å². The maximum atomic E-state index is 8.95.